The van der Waals surface area contributed by atoms with Crippen LogP contribution in [0.2, 0.25) is 0 Å². The Bertz CT molecular complexity index is 2180. The minimum atomic E-state index is -2.51. The highest BCUT2D eigenvalue weighted by molar-refractivity contribution is 6.39. The number of pyridine rings is 1. The van der Waals surface area contributed by atoms with Crippen LogP contribution in [0.15, 0.2) is 65.9 Å². The number of carbonyl (C=O) groups excluding carboxylic acids is 5. The van der Waals surface area contributed by atoms with Crippen molar-refractivity contribution < 1.29 is 72.8 Å². The number of aliphatic hydroxyl groups excluding tert-OH is 3. The lowest BCUT2D eigenvalue weighted by Gasteiger charge is -2.43. The molecule has 15 atom stereocenters. The predicted molar refractivity (Wildman–Crippen MR) is 280 cm³/mol. The Morgan fingerprint density at radius 2 is 1.65 bits per heavy atom. The van der Waals surface area contributed by atoms with E-state index >= 15 is 0 Å². The third kappa shape index (κ3) is 17.0. The van der Waals surface area contributed by atoms with E-state index in [2.05, 4.69) is 4.98 Å². The van der Waals surface area contributed by atoms with Gasteiger partial charge in [-0.3, -0.25) is 24.2 Å². The Labute approximate surface area is 444 Å². The first-order valence-corrected chi connectivity index (χ1v) is 27.1. The molecule has 1 unspecified atom stereocenters. The Morgan fingerprint density at radius 3 is 2.35 bits per heavy atom. The van der Waals surface area contributed by atoms with Crippen molar-refractivity contribution in [3.05, 3.63) is 71.6 Å². The maximum atomic E-state index is 14.5. The topological polar surface area (TPSA) is 238 Å². The highest BCUT2D eigenvalue weighted by Gasteiger charge is 2.53. The van der Waals surface area contributed by atoms with Crippen molar-refractivity contribution in [2.24, 2.45) is 35.5 Å². The summed E-state index contributed by atoms with van der Waals surface area (Å²) in [4.78, 5) is 77.2. The SMILES string of the molecule is CO[C@@H]1C[C@H](C[C@@H](C)[C@@H]2CC(=O)[C@H](C)/C=C(\C)[C@@H](O)[C@@H](OC)C(=O)[C@H](C)C[C@H](C)/C=C/C=C/C=C(\C)C(OCc3ccc(OCCO)cn3)C[C@@H]3CC[C@@H](C)[C@@](O)(O3)C(=O)C(=O)N3CCCC[C@H]3C(=O)O2)CC[C@H]1O. The quantitative estimate of drug-likeness (QED) is 0.105. The number of nitrogens with zero attached hydrogens (tertiary/aromatic N) is 2. The van der Waals surface area contributed by atoms with Gasteiger partial charge >= 0.3 is 5.97 Å². The van der Waals surface area contributed by atoms with Crippen molar-refractivity contribution in [3.63, 3.8) is 0 Å². The fraction of sp³-hybridized carbons (Fsp3) is 0.690. The van der Waals surface area contributed by atoms with Crippen LogP contribution in [0.4, 0.5) is 0 Å². The lowest BCUT2D eigenvalue weighted by Crippen LogP contribution is -2.61. The molecule has 2 saturated heterocycles. The van der Waals surface area contributed by atoms with Crippen LogP contribution in [0.5, 0.6) is 5.75 Å². The van der Waals surface area contributed by atoms with Crippen molar-refractivity contribution in [3.8, 4) is 5.75 Å². The predicted octanol–water partition coefficient (Wildman–Crippen LogP) is 6.52. The molecule has 4 heterocycles. The number of ether oxygens (including phenoxy) is 6. The van der Waals surface area contributed by atoms with E-state index in [9.17, 15) is 39.3 Å². The van der Waals surface area contributed by atoms with E-state index in [0.29, 0.717) is 74.8 Å². The molecular weight excluding hydrogens is 965 g/mol. The first kappa shape index (κ1) is 61.4. The molecule has 5 rings (SSSR count). The number of ketones is 3. The second kappa shape index (κ2) is 29.3. The third-order valence-electron chi connectivity index (χ3n) is 15.8. The van der Waals surface area contributed by atoms with Crippen molar-refractivity contribution in [2.75, 3.05) is 34.0 Å². The summed E-state index contributed by atoms with van der Waals surface area (Å²) in [6.07, 6.45) is 11.8. The molecule has 1 aromatic heterocycles. The number of rotatable bonds is 11. The summed E-state index contributed by atoms with van der Waals surface area (Å²) >= 11 is 0. The molecule has 0 spiro atoms. The number of aromatic nitrogens is 1. The van der Waals surface area contributed by atoms with E-state index < -0.39 is 83.9 Å². The van der Waals surface area contributed by atoms with Crippen molar-refractivity contribution >= 4 is 29.2 Å². The van der Waals surface area contributed by atoms with Gasteiger partial charge in [-0.25, -0.2) is 4.79 Å². The standard InChI is InChI=1S/C58H86N2O15/c1-35-15-11-10-12-16-36(2)49(73-34-43-20-22-45(33-59-43)72-26-25-61)31-44-21-18-41(7)58(69,75-44)55(66)56(67)60-24-14-13-17-46(60)57(68)74-50(38(4)29-42-19-23-47(62)51(30-42)70-8)32-48(63)37(3)28-40(6)53(65)54(71-9)52(64)39(5)27-35/h10-12,15-16,20,22,28,33,35,37-39,41-42,44,46-47,49-51,53-54,61-62,65,69H,13-14,17-19,21,23-27,29-32,34H2,1-9H3/b12-10+,15-11+,36-16+,40-28+/t35-,37-,38-,39-,41-,42+,44+,46+,47-,49?,50+,51-,53-,54+,58-/m1/s1. The Kier molecular flexibility index (Phi) is 24.0. The molecule has 17 nitrogen and oxygen atoms in total. The normalized spacial score (nSPS) is 36.5. The van der Waals surface area contributed by atoms with E-state index in [-0.39, 0.29) is 81.1 Å². The monoisotopic (exact) mass is 1050 g/mol. The summed E-state index contributed by atoms with van der Waals surface area (Å²) in [6, 6.07) is 2.30. The van der Waals surface area contributed by atoms with E-state index in [4.69, 9.17) is 33.5 Å². The number of methoxy groups -OCH3 is 2. The number of aliphatic hydroxyl groups is 4. The van der Waals surface area contributed by atoms with Crippen LogP contribution >= 0.6 is 0 Å². The van der Waals surface area contributed by atoms with Gasteiger partial charge < -0.3 is 53.7 Å². The molecule has 3 aliphatic heterocycles. The Balaban J connectivity index is 1.48. The smallest absolute Gasteiger partial charge is 0.329 e. The summed E-state index contributed by atoms with van der Waals surface area (Å²) in [5, 5.41) is 43.4. The van der Waals surface area contributed by atoms with Crippen LogP contribution in [-0.4, -0.2) is 148 Å². The van der Waals surface area contributed by atoms with Crippen LogP contribution in [0.3, 0.4) is 0 Å². The van der Waals surface area contributed by atoms with Gasteiger partial charge in [0, 0.05) is 51.4 Å². The molecular formula is C58H86N2O15. The Morgan fingerprint density at radius 1 is 0.893 bits per heavy atom. The molecule has 1 amide bonds. The van der Waals surface area contributed by atoms with E-state index in [1.165, 1.54) is 12.0 Å². The van der Waals surface area contributed by atoms with Gasteiger partial charge in [0.25, 0.3) is 11.7 Å². The molecule has 17 heteroatoms. The highest BCUT2D eigenvalue weighted by Crippen LogP contribution is 2.38. The van der Waals surface area contributed by atoms with Gasteiger partial charge in [0.15, 0.2) is 5.78 Å². The van der Waals surface area contributed by atoms with Gasteiger partial charge in [-0.15, -0.1) is 0 Å². The number of Topliss-reactive ketones (excluding diaryl/α,β-unsaturated/α-hetero) is 3. The van der Waals surface area contributed by atoms with Crippen LogP contribution in [-0.2, 0) is 54.3 Å². The van der Waals surface area contributed by atoms with Crippen molar-refractivity contribution in [2.45, 2.75) is 187 Å². The van der Waals surface area contributed by atoms with E-state index in [0.717, 1.165) is 5.57 Å². The van der Waals surface area contributed by atoms with Gasteiger partial charge in [0.05, 0.1) is 49.5 Å². The number of esters is 1. The minimum absolute atomic E-state index is 0.0295. The molecule has 418 valence electrons. The summed E-state index contributed by atoms with van der Waals surface area (Å²) < 4.78 is 35.7. The molecule has 0 radical (unpaired) electrons. The molecule has 4 aliphatic rings. The molecule has 1 aliphatic carbocycles. The minimum Gasteiger partial charge on any atom is -0.490 e. The summed E-state index contributed by atoms with van der Waals surface area (Å²) in [5.41, 5.74) is 1.78. The fourth-order valence-electron chi connectivity index (χ4n) is 11.0. The molecule has 0 aromatic carbocycles. The average molecular weight is 1050 g/mol. The van der Waals surface area contributed by atoms with E-state index in [1.54, 1.807) is 59.2 Å². The van der Waals surface area contributed by atoms with Crippen molar-refractivity contribution in [1.29, 1.82) is 0 Å². The zero-order chi connectivity index (χ0) is 55.0. The first-order valence-electron chi connectivity index (χ1n) is 27.1. The molecule has 3 fully saturated rings. The van der Waals surface area contributed by atoms with Crippen LogP contribution in [0.25, 0.3) is 0 Å². The number of piperidine rings is 1. The molecule has 1 saturated carbocycles. The van der Waals surface area contributed by atoms with Gasteiger partial charge in [-0.1, -0.05) is 71.1 Å². The molecule has 75 heavy (non-hydrogen) atoms. The van der Waals surface area contributed by atoms with Gasteiger partial charge in [0.1, 0.15) is 42.5 Å². The lowest BCUT2D eigenvalue weighted by atomic mass is 9.78. The number of fused-ring (bicyclic) bond motifs is 3. The van der Waals surface area contributed by atoms with Crippen LogP contribution in [0, 0.1) is 35.5 Å². The van der Waals surface area contributed by atoms with E-state index in [1.807, 2.05) is 51.2 Å². The zero-order valence-electron chi connectivity index (χ0n) is 45.8. The van der Waals surface area contributed by atoms with Gasteiger partial charge in [-0.2, -0.15) is 0 Å². The third-order valence-corrected chi connectivity index (χ3v) is 15.8. The fourth-order valence-corrected chi connectivity index (χ4v) is 11.0. The lowest BCUT2D eigenvalue weighted by molar-refractivity contribution is -0.266. The number of hydrogen-bond donors (Lipinski definition) is 4. The Hall–Kier alpha value is -4.46. The zero-order valence-corrected chi connectivity index (χ0v) is 45.8. The molecule has 4 N–H and O–H groups in total. The molecule has 2 bridgehead atoms. The summed E-state index contributed by atoms with van der Waals surface area (Å²) in [7, 11) is 2.93. The van der Waals surface area contributed by atoms with Crippen molar-refractivity contribution in [1.82, 2.24) is 9.88 Å². The maximum Gasteiger partial charge on any atom is 0.329 e. The highest BCUT2D eigenvalue weighted by atomic mass is 16.6. The molecule has 1 aromatic rings. The number of amides is 1. The second-order valence-electron chi connectivity index (χ2n) is 21.7. The van der Waals surface area contributed by atoms with Gasteiger partial charge in [-0.05, 0) is 119 Å². The summed E-state index contributed by atoms with van der Waals surface area (Å²) in [6.45, 7) is 12.7. The maximum absolute atomic E-state index is 14.5. The number of hydrogen-bond acceptors (Lipinski definition) is 16. The van der Waals surface area contributed by atoms with Crippen LogP contribution in [0.1, 0.15) is 131 Å². The average Bonchev–Trinajstić information content (AvgIpc) is 3.39. The largest absolute Gasteiger partial charge is 0.490 e. The second-order valence-corrected chi connectivity index (χ2v) is 21.7. The van der Waals surface area contributed by atoms with Crippen LogP contribution < -0.4 is 4.74 Å². The summed E-state index contributed by atoms with van der Waals surface area (Å²) in [5.74, 6) is -7.92. The number of carbonyl (C=O) groups is 5. The number of cyclic esters (lactones) is 1. The first-order chi connectivity index (χ1) is 35.7. The van der Waals surface area contributed by atoms with Gasteiger partial charge in [0.2, 0.25) is 5.79 Å². The number of allylic oxidation sites excluding steroid dienone is 6.